The van der Waals surface area contributed by atoms with Gasteiger partial charge in [-0.15, -0.1) is 11.6 Å². The number of ether oxygens (including phenoxy) is 1. The molecule has 0 spiro atoms. The van der Waals surface area contributed by atoms with E-state index < -0.39 is 11.6 Å². The maximum absolute atomic E-state index is 12.3. The molecule has 0 fully saturated rings. The molecule has 0 aliphatic heterocycles. The van der Waals surface area contributed by atoms with Crippen molar-refractivity contribution in [2.75, 3.05) is 0 Å². The zero-order chi connectivity index (χ0) is 17.3. The van der Waals surface area contributed by atoms with Crippen LogP contribution in [0.2, 0.25) is 10.0 Å². The van der Waals surface area contributed by atoms with Crippen LogP contribution in [-0.4, -0.2) is 5.97 Å². The summed E-state index contributed by atoms with van der Waals surface area (Å²) in [7, 11) is 0. The number of halogens is 3. The Morgan fingerprint density at radius 2 is 1.92 bits per heavy atom. The quantitative estimate of drug-likeness (QED) is 0.275. The molecule has 0 saturated heterocycles. The maximum atomic E-state index is 12.3. The molecular weight excluding hydrogens is 375 g/mol. The molecule has 0 saturated carbocycles. The molecule has 122 valence electrons. The van der Waals surface area contributed by atoms with Crippen LogP contribution in [0.5, 0.6) is 5.75 Å². The number of fused-ring (bicyclic) bond motifs is 1. The number of carbonyl (C=O) groups excluding carboxylic acids is 1. The van der Waals surface area contributed by atoms with Crippen molar-refractivity contribution in [1.82, 2.24) is 0 Å². The highest BCUT2D eigenvalue weighted by Crippen LogP contribution is 2.32. The van der Waals surface area contributed by atoms with Crippen molar-refractivity contribution in [2.45, 2.75) is 5.88 Å². The Morgan fingerprint density at radius 3 is 2.67 bits per heavy atom. The Morgan fingerprint density at radius 1 is 1.12 bits per heavy atom. The summed E-state index contributed by atoms with van der Waals surface area (Å²) in [5.41, 5.74) is 0.135. The van der Waals surface area contributed by atoms with Crippen LogP contribution in [0.15, 0.2) is 51.7 Å². The van der Waals surface area contributed by atoms with Crippen molar-refractivity contribution in [3.05, 3.63) is 74.1 Å². The molecule has 7 heteroatoms. The molecule has 3 rings (SSSR count). The molecule has 1 heterocycles. The topological polar surface area (TPSA) is 56.5 Å². The Hall–Kier alpha value is -2.01. The van der Waals surface area contributed by atoms with Gasteiger partial charge in [-0.05, 0) is 35.9 Å². The van der Waals surface area contributed by atoms with Gasteiger partial charge in [-0.3, -0.25) is 0 Å². The fraction of sp³-hybridized carbons (Fsp3) is 0.0588. The van der Waals surface area contributed by atoms with Crippen LogP contribution >= 0.6 is 34.8 Å². The smallest absolute Gasteiger partial charge is 0.351 e. The predicted octanol–water partition coefficient (Wildman–Crippen LogP) is 5.06. The van der Waals surface area contributed by atoms with E-state index in [-0.39, 0.29) is 21.4 Å². The van der Waals surface area contributed by atoms with Gasteiger partial charge < -0.3 is 9.15 Å². The Labute approximate surface area is 151 Å². The number of carbonyl (C=O) groups is 1. The van der Waals surface area contributed by atoms with Gasteiger partial charge in [0.1, 0.15) is 16.2 Å². The molecule has 0 unspecified atom stereocenters. The lowest BCUT2D eigenvalue weighted by Gasteiger charge is -2.07. The lowest BCUT2D eigenvalue weighted by atomic mass is 10.1. The first-order valence-electron chi connectivity index (χ1n) is 6.78. The molecule has 0 atom stereocenters. The molecule has 0 aliphatic rings. The van der Waals surface area contributed by atoms with Crippen molar-refractivity contribution in [2.24, 2.45) is 0 Å². The zero-order valence-corrected chi connectivity index (χ0v) is 14.3. The van der Waals surface area contributed by atoms with Crippen LogP contribution in [0.1, 0.15) is 15.9 Å². The van der Waals surface area contributed by atoms with Crippen LogP contribution < -0.4 is 10.4 Å². The van der Waals surface area contributed by atoms with E-state index in [1.165, 1.54) is 12.1 Å². The summed E-state index contributed by atoms with van der Waals surface area (Å²) in [6.07, 6.45) is 0. The number of esters is 1. The van der Waals surface area contributed by atoms with Gasteiger partial charge in [-0.1, -0.05) is 35.3 Å². The summed E-state index contributed by atoms with van der Waals surface area (Å²) in [6.45, 7) is 0. The highest BCUT2D eigenvalue weighted by Gasteiger charge is 2.18. The molecule has 0 aliphatic carbocycles. The van der Waals surface area contributed by atoms with E-state index in [0.29, 0.717) is 16.8 Å². The fourth-order valence-electron chi connectivity index (χ4n) is 2.12. The van der Waals surface area contributed by atoms with Crippen molar-refractivity contribution in [1.29, 1.82) is 0 Å². The molecular formula is C17H9Cl3O4. The van der Waals surface area contributed by atoms with Gasteiger partial charge in [0.05, 0.1) is 5.02 Å². The standard InChI is InChI=1S/C17H9Cl3O4/c18-8-9-4-5-13-10(6-9)7-11(16(21)23-13)17(22)24-14-3-1-2-12(19)15(14)20/h1-7H,8H2. The zero-order valence-electron chi connectivity index (χ0n) is 12.0. The fourth-order valence-corrected chi connectivity index (χ4v) is 2.61. The number of benzene rings is 2. The van der Waals surface area contributed by atoms with Crippen LogP contribution in [-0.2, 0) is 5.88 Å². The second-order valence-corrected chi connectivity index (χ2v) is 5.95. The summed E-state index contributed by atoms with van der Waals surface area (Å²) in [6, 6.07) is 11.1. The van der Waals surface area contributed by atoms with Gasteiger partial charge in [-0.2, -0.15) is 0 Å². The van der Waals surface area contributed by atoms with E-state index in [2.05, 4.69) is 0 Å². The Bertz CT molecular complexity index is 995. The molecule has 2 aromatic carbocycles. The highest BCUT2D eigenvalue weighted by molar-refractivity contribution is 6.43. The average Bonchev–Trinajstić information content (AvgIpc) is 2.58. The summed E-state index contributed by atoms with van der Waals surface area (Å²) in [4.78, 5) is 24.3. The molecule has 0 amide bonds. The van der Waals surface area contributed by atoms with E-state index in [1.807, 2.05) is 0 Å². The van der Waals surface area contributed by atoms with E-state index in [4.69, 9.17) is 44.0 Å². The molecule has 4 nitrogen and oxygen atoms in total. The summed E-state index contributed by atoms with van der Waals surface area (Å²) < 4.78 is 10.3. The van der Waals surface area contributed by atoms with E-state index in [0.717, 1.165) is 5.56 Å². The maximum Gasteiger partial charge on any atom is 0.351 e. The number of rotatable bonds is 3. The van der Waals surface area contributed by atoms with E-state index >= 15 is 0 Å². The first-order chi connectivity index (χ1) is 11.5. The minimum absolute atomic E-state index is 0.0585. The molecule has 0 N–H and O–H groups in total. The summed E-state index contributed by atoms with van der Waals surface area (Å²) in [5.74, 6) is -0.526. The van der Waals surface area contributed by atoms with Crippen molar-refractivity contribution in [3.8, 4) is 5.75 Å². The molecule has 0 bridgehead atoms. The highest BCUT2D eigenvalue weighted by atomic mass is 35.5. The second kappa shape index (κ2) is 6.85. The SMILES string of the molecule is O=C(Oc1cccc(Cl)c1Cl)c1cc2cc(CCl)ccc2oc1=O. The lowest BCUT2D eigenvalue weighted by molar-refractivity contribution is 0.0730. The van der Waals surface area contributed by atoms with Crippen LogP contribution in [0, 0.1) is 0 Å². The average molecular weight is 384 g/mol. The van der Waals surface area contributed by atoms with Gasteiger partial charge >= 0.3 is 11.6 Å². The van der Waals surface area contributed by atoms with Crippen LogP contribution in [0.25, 0.3) is 11.0 Å². The van der Waals surface area contributed by atoms with Crippen molar-refractivity contribution in [3.63, 3.8) is 0 Å². The van der Waals surface area contributed by atoms with Gasteiger partial charge in [0, 0.05) is 11.3 Å². The first kappa shape index (κ1) is 16.8. The predicted molar refractivity (Wildman–Crippen MR) is 93.5 cm³/mol. The summed E-state index contributed by atoms with van der Waals surface area (Å²) in [5, 5.41) is 0.887. The molecule has 1 aromatic heterocycles. The molecule has 0 radical (unpaired) electrons. The van der Waals surface area contributed by atoms with Gasteiger partial charge in [0.2, 0.25) is 0 Å². The van der Waals surface area contributed by atoms with E-state index in [9.17, 15) is 9.59 Å². The third kappa shape index (κ3) is 3.26. The monoisotopic (exact) mass is 382 g/mol. The lowest BCUT2D eigenvalue weighted by Crippen LogP contribution is -2.18. The minimum Gasteiger partial charge on any atom is -0.422 e. The third-order valence-electron chi connectivity index (χ3n) is 3.29. The molecule has 24 heavy (non-hydrogen) atoms. The number of alkyl halides is 1. The number of hydrogen-bond donors (Lipinski definition) is 0. The number of hydrogen-bond acceptors (Lipinski definition) is 4. The normalized spacial score (nSPS) is 10.8. The third-order valence-corrected chi connectivity index (χ3v) is 4.40. The van der Waals surface area contributed by atoms with Crippen LogP contribution in [0.3, 0.4) is 0 Å². The van der Waals surface area contributed by atoms with Crippen molar-refractivity contribution < 1.29 is 13.9 Å². The van der Waals surface area contributed by atoms with Gasteiger partial charge in [-0.25, -0.2) is 9.59 Å². The first-order valence-corrected chi connectivity index (χ1v) is 8.07. The Balaban J connectivity index is 2.01. The second-order valence-electron chi connectivity index (χ2n) is 4.89. The van der Waals surface area contributed by atoms with E-state index in [1.54, 1.807) is 30.3 Å². The van der Waals surface area contributed by atoms with Crippen LogP contribution in [0.4, 0.5) is 0 Å². The van der Waals surface area contributed by atoms with Crippen molar-refractivity contribution >= 4 is 51.7 Å². The minimum atomic E-state index is -0.883. The summed E-state index contributed by atoms with van der Waals surface area (Å²) >= 11 is 17.6. The Kier molecular flexibility index (Phi) is 4.81. The van der Waals surface area contributed by atoms with Gasteiger partial charge in [0.25, 0.3) is 0 Å². The molecule has 3 aromatic rings. The largest absolute Gasteiger partial charge is 0.422 e. The van der Waals surface area contributed by atoms with Gasteiger partial charge in [0.15, 0.2) is 5.75 Å².